The number of aryl methyl sites for hydroxylation is 2. The summed E-state index contributed by atoms with van der Waals surface area (Å²) in [6, 6.07) is 5.78. The van der Waals surface area contributed by atoms with Crippen LogP contribution in [0.15, 0.2) is 28.1 Å². The van der Waals surface area contributed by atoms with Gasteiger partial charge in [0.05, 0.1) is 22.8 Å². The van der Waals surface area contributed by atoms with E-state index in [9.17, 15) is 4.79 Å². The summed E-state index contributed by atoms with van der Waals surface area (Å²) in [5.41, 5.74) is 2.70. The van der Waals surface area contributed by atoms with Gasteiger partial charge in [-0.2, -0.15) is 0 Å². The van der Waals surface area contributed by atoms with Crippen LogP contribution in [0.1, 0.15) is 26.6 Å². The van der Waals surface area contributed by atoms with Crippen LogP contribution in [0.25, 0.3) is 0 Å². The lowest BCUT2D eigenvalue weighted by Crippen LogP contribution is -2.26. The maximum absolute atomic E-state index is 12.4. The normalized spacial score (nSPS) is 10.5. The molecule has 0 atom stereocenters. The fraction of sp³-hybridized carbons (Fsp3) is 0.286. The van der Waals surface area contributed by atoms with Crippen molar-refractivity contribution in [2.24, 2.45) is 0 Å². The maximum atomic E-state index is 12.4. The van der Waals surface area contributed by atoms with E-state index >= 15 is 0 Å². The molecular formula is C14H15BrN2OS. The number of aromatic nitrogens is 1. The van der Waals surface area contributed by atoms with E-state index in [2.05, 4.69) is 20.9 Å². The Labute approximate surface area is 125 Å². The second-order valence-electron chi connectivity index (χ2n) is 4.50. The molecule has 0 spiro atoms. The number of nitrogens with zero attached hydrogens (tertiary/aromatic N) is 2. The molecule has 0 aliphatic carbocycles. The molecule has 3 nitrogen and oxygen atoms in total. The van der Waals surface area contributed by atoms with Crippen molar-refractivity contribution in [3.63, 3.8) is 0 Å². The predicted octanol–water partition coefficient (Wildman–Crippen LogP) is 3.79. The zero-order valence-electron chi connectivity index (χ0n) is 11.1. The highest BCUT2D eigenvalue weighted by Crippen LogP contribution is 2.20. The number of carbonyl (C=O) groups excluding carboxylic acids is 1. The van der Waals surface area contributed by atoms with Crippen LogP contribution in [0.4, 0.5) is 0 Å². The maximum Gasteiger partial charge on any atom is 0.255 e. The second kappa shape index (κ2) is 5.84. The Hall–Kier alpha value is -1.20. The molecule has 19 heavy (non-hydrogen) atoms. The molecule has 100 valence electrons. The quantitative estimate of drug-likeness (QED) is 0.852. The minimum absolute atomic E-state index is 0.00114. The molecule has 0 saturated heterocycles. The molecule has 0 N–H and O–H groups in total. The largest absolute Gasteiger partial charge is 0.336 e. The van der Waals surface area contributed by atoms with Gasteiger partial charge in [-0.3, -0.25) is 4.79 Å². The first kappa shape index (κ1) is 14.2. The van der Waals surface area contributed by atoms with Gasteiger partial charge in [-0.15, -0.1) is 11.3 Å². The Balaban J connectivity index is 2.16. The first-order valence-corrected chi connectivity index (χ1v) is 7.57. The average Bonchev–Trinajstić information content (AvgIpc) is 2.77. The van der Waals surface area contributed by atoms with Gasteiger partial charge in [-0.25, -0.2) is 4.98 Å². The zero-order valence-corrected chi connectivity index (χ0v) is 13.5. The van der Waals surface area contributed by atoms with Crippen LogP contribution < -0.4 is 0 Å². The Morgan fingerprint density at radius 1 is 1.42 bits per heavy atom. The Morgan fingerprint density at radius 3 is 2.79 bits per heavy atom. The van der Waals surface area contributed by atoms with Crippen LogP contribution >= 0.6 is 27.3 Å². The highest BCUT2D eigenvalue weighted by atomic mass is 79.9. The van der Waals surface area contributed by atoms with Crippen LogP contribution in [-0.2, 0) is 6.54 Å². The number of hydrogen-bond donors (Lipinski definition) is 0. The first-order chi connectivity index (χ1) is 8.97. The summed E-state index contributed by atoms with van der Waals surface area (Å²) in [7, 11) is 1.80. The SMILES string of the molecule is Cc1ccc(Br)c(C(=O)N(C)Cc2csc(C)n2)c1. The molecule has 0 fully saturated rings. The van der Waals surface area contributed by atoms with Gasteiger partial charge in [0.1, 0.15) is 0 Å². The monoisotopic (exact) mass is 338 g/mol. The number of amides is 1. The van der Waals surface area contributed by atoms with Crippen molar-refractivity contribution in [2.75, 3.05) is 7.05 Å². The lowest BCUT2D eigenvalue weighted by atomic mass is 10.1. The zero-order chi connectivity index (χ0) is 14.0. The van der Waals surface area contributed by atoms with Crippen molar-refractivity contribution in [3.05, 3.63) is 49.9 Å². The summed E-state index contributed by atoms with van der Waals surface area (Å²) in [5, 5.41) is 3.01. The third kappa shape index (κ3) is 3.42. The van der Waals surface area contributed by atoms with Gasteiger partial charge >= 0.3 is 0 Å². The summed E-state index contributed by atoms with van der Waals surface area (Å²) in [6.45, 7) is 4.48. The van der Waals surface area contributed by atoms with Crippen LogP contribution in [0.2, 0.25) is 0 Å². The standard InChI is InChI=1S/C14H15BrN2OS/c1-9-4-5-13(15)12(6-9)14(18)17(3)7-11-8-19-10(2)16-11/h4-6,8H,7H2,1-3H3. The summed E-state index contributed by atoms with van der Waals surface area (Å²) < 4.78 is 0.824. The van der Waals surface area contributed by atoms with Gasteiger partial charge in [0.15, 0.2) is 0 Å². The first-order valence-electron chi connectivity index (χ1n) is 5.90. The fourth-order valence-corrected chi connectivity index (χ4v) is 2.82. The number of hydrogen-bond acceptors (Lipinski definition) is 3. The van der Waals surface area contributed by atoms with Gasteiger partial charge < -0.3 is 4.90 Å². The predicted molar refractivity (Wildman–Crippen MR) is 81.5 cm³/mol. The van der Waals surface area contributed by atoms with Gasteiger partial charge in [0.25, 0.3) is 5.91 Å². The van der Waals surface area contributed by atoms with Crippen molar-refractivity contribution < 1.29 is 4.79 Å². The smallest absolute Gasteiger partial charge is 0.255 e. The molecule has 5 heteroatoms. The summed E-state index contributed by atoms with van der Waals surface area (Å²) >= 11 is 5.03. The highest BCUT2D eigenvalue weighted by Gasteiger charge is 2.16. The third-order valence-corrected chi connectivity index (χ3v) is 4.28. The van der Waals surface area contributed by atoms with E-state index < -0.39 is 0 Å². The lowest BCUT2D eigenvalue weighted by molar-refractivity contribution is 0.0782. The molecule has 2 aromatic rings. The van der Waals surface area contributed by atoms with E-state index in [-0.39, 0.29) is 5.91 Å². The Bertz CT molecular complexity index is 609. The molecular weight excluding hydrogens is 324 g/mol. The summed E-state index contributed by atoms with van der Waals surface area (Å²) in [6.07, 6.45) is 0. The Kier molecular flexibility index (Phi) is 4.37. The van der Waals surface area contributed by atoms with Crippen LogP contribution in [0, 0.1) is 13.8 Å². The molecule has 0 aliphatic heterocycles. The van der Waals surface area contributed by atoms with E-state index in [0.717, 1.165) is 20.7 Å². The van der Waals surface area contributed by atoms with Crippen LogP contribution in [0.5, 0.6) is 0 Å². The molecule has 1 heterocycles. The molecule has 0 radical (unpaired) electrons. The van der Waals surface area contributed by atoms with E-state index in [0.29, 0.717) is 12.1 Å². The minimum atomic E-state index is 0.00114. The number of carbonyl (C=O) groups is 1. The summed E-state index contributed by atoms with van der Waals surface area (Å²) in [4.78, 5) is 18.5. The lowest BCUT2D eigenvalue weighted by Gasteiger charge is -2.17. The number of benzene rings is 1. The van der Waals surface area contributed by atoms with Gasteiger partial charge in [0.2, 0.25) is 0 Å². The van der Waals surface area contributed by atoms with E-state index in [1.165, 1.54) is 0 Å². The molecule has 0 saturated carbocycles. The summed E-state index contributed by atoms with van der Waals surface area (Å²) in [5.74, 6) is 0.00114. The number of halogens is 1. The highest BCUT2D eigenvalue weighted by molar-refractivity contribution is 9.10. The third-order valence-electron chi connectivity index (χ3n) is 2.76. The van der Waals surface area contributed by atoms with Crippen LogP contribution in [-0.4, -0.2) is 22.8 Å². The molecule has 0 aliphatic rings. The van der Waals surface area contributed by atoms with Crippen molar-refractivity contribution in [1.82, 2.24) is 9.88 Å². The molecule has 0 unspecified atom stereocenters. The molecule has 1 aromatic heterocycles. The van der Waals surface area contributed by atoms with Gasteiger partial charge in [-0.05, 0) is 41.9 Å². The number of thiazole rings is 1. The number of rotatable bonds is 3. The molecule has 1 aromatic carbocycles. The average molecular weight is 339 g/mol. The Morgan fingerprint density at radius 2 is 2.16 bits per heavy atom. The molecule has 1 amide bonds. The molecule has 0 bridgehead atoms. The topological polar surface area (TPSA) is 33.2 Å². The van der Waals surface area contributed by atoms with Crippen LogP contribution in [0.3, 0.4) is 0 Å². The van der Waals surface area contributed by atoms with E-state index in [1.807, 2.05) is 37.4 Å². The molecule has 2 rings (SSSR count). The van der Waals surface area contributed by atoms with E-state index in [4.69, 9.17) is 0 Å². The minimum Gasteiger partial charge on any atom is -0.336 e. The van der Waals surface area contributed by atoms with Crippen molar-refractivity contribution >= 4 is 33.2 Å². The van der Waals surface area contributed by atoms with Gasteiger partial charge in [-0.1, -0.05) is 11.6 Å². The van der Waals surface area contributed by atoms with E-state index in [1.54, 1.807) is 23.3 Å². The second-order valence-corrected chi connectivity index (χ2v) is 6.42. The van der Waals surface area contributed by atoms with Gasteiger partial charge in [0, 0.05) is 16.9 Å². The van der Waals surface area contributed by atoms with Crippen molar-refractivity contribution in [1.29, 1.82) is 0 Å². The van der Waals surface area contributed by atoms with Crippen molar-refractivity contribution in [3.8, 4) is 0 Å². The fourth-order valence-electron chi connectivity index (χ4n) is 1.80. The van der Waals surface area contributed by atoms with Crippen molar-refractivity contribution in [2.45, 2.75) is 20.4 Å².